The number of aromatic nitrogens is 2. The van der Waals surface area contributed by atoms with Crippen LogP contribution in [-0.4, -0.2) is 21.2 Å². The number of amides is 1. The van der Waals surface area contributed by atoms with Gasteiger partial charge in [0, 0.05) is 12.7 Å². The van der Waals surface area contributed by atoms with Crippen molar-refractivity contribution in [3.05, 3.63) is 16.9 Å². The Hall–Kier alpha value is -0.880. The van der Waals surface area contributed by atoms with E-state index < -0.39 is 11.4 Å². The van der Waals surface area contributed by atoms with Gasteiger partial charge < -0.3 is 11.5 Å². The highest BCUT2D eigenvalue weighted by atomic mass is 79.9. The molecule has 0 fully saturated rings. The van der Waals surface area contributed by atoms with Crippen LogP contribution in [0.2, 0.25) is 0 Å². The molecule has 15 heavy (non-hydrogen) atoms. The topological polar surface area (TPSA) is 86.9 Å². The van der Waals surface area contributed by atoms with E-state index in [1.165, 1.54) is 0 Å². The molecule has 1 heterocycles. The zero-order valence-corrected chi connectivity index (χ0v) is 10.2. The molecule has 0 aromatic carbocycles. The molecule has 5 nitrogen and oxygen atoms in total. The lowest BCUT2D eigenvalue weighted by molar-refractivity contribution is -0.122. The molecule has 0 aliphatic carbocycles. The first-order valence-electron chi connectivity index (χ1n) is 4.68. The van der Waals surface area contributed by atoms with E-state index in [-0.39, 0.29) is 0 Å². The molecule has 0 saturated carbocycles. The van der Waals surface area contributed by atoms with Gasteiger partial charge >= 0.3 is 0 Å². The smallest absolute Gasteiger partial charge is 0.237 e. The van der Waals surface area contributed by atoms with E-state index in [2.05, 4.69) is 21.0 Å². The Morgan fingerprint density at radius 1 is 1.73 bits per heavy atom. The first-order chi connectivity index (χ1) is 6.92. The molecule has 6 heteroatoms. The summed E-state index contributed by atoms with van der Waals surface area (Å²) in [6, 6.07) is 0. The van der Waals surface area contributed by atoms with Crippen LogP contribution in [-0.2, 0) is 11.3 Å². The minimum atomic E-state index is -0.926. The second-order valence-electron chi connectivity index (χ2n) is 3.81. The van der Waals surface area contributed by atoms with E-state index >= 15 is 0 Å². The molecule has 0 saturated heterocycles. The highest BCUT2D eigenvalue weighted by Crippen LogP contribution is 2.11. The fourth-order valence-electron chi connectivity index (χ4n) is 1.19. The number of carbonyl (C=O) groups excluding carboxylic acids is 1. The van der Waals surface area contributed by atoms with E-state index in [0.29, 0.717) is 6.42 Å². The number of rotatable bonds is 5. The predicted octanol–water partition coefficient (Wildman–Crippen LogP) is 0.628. The fourth-order valence-corrected chi connectivity index (χ4v) is 1.52. The standard InChI is InChI=1S/C9H15BrN4O/c1-9(12,8(11)15)3-2-4-14-6-7(10)5-13-14/h5-6H,2-4,12H2,1H3,(H2,11,15). The molecule has 0 spiro atoms. The molecule has 4 N–H and O–H groups in total. The molecule has 1 amide bonds. The van der Waals surface area contributed by atoms with Crippen LogP contribution in [0.25, 0.3) is 0 Å². The van der Waals surface area contributed by atoms with Gasteiger partial charge in [0.05, 0.1) is 16.2 Å². The third-order valence-corrected chi connectivity index (χ3v) is 2.66. The Kier molecular flexibility index (Phi) is 3.87. The van der Waals surface area contributed by atoms with E-state index in [1.54, 1.807) is 17.8 Å². The lowest BCUT2D eigenvalue weighted by Gasteiger charge is -2.19. The van der Waals surface area contributed by atoms with E-state index in [4.69, 9.17) is 11.5 Å². The first-order valence-corrected chi connectivity index (χ1v) is 5.48. The number of nitrogens with two attached hydrogens (primary N) is 2. The second-order valence-corrected chi connectivity index (χ2v) is 4.72. The summed E-state index contributed by atoms with van der Waals surface area (Å²) in [4.78, 5) is 10.9. The van der Waals surface area contributed by atoms with Gasteiger partial charge in [-0.25, -0.2) is 0 Å². The Labute approximate surface area is 96.9 Å². The van der Waals surface area contributed by atoms with E-state index in [9.17, 15) is 4.79 Å². The third-order valence-electron chi connectivity index (χ3n) is 2.25. The zero-order valence-electron chi connectivity index (χ0n) is 8.61. The Bertz CT molecular complexity index is 348. The van der Waals surface area contributed by atoms with Crippen molar-refractivity contribution in [2.75, 3.05) is 0 Å². The van der Waals surface area contributed by atoms with Crippen LogP contribution in [0.4, 0.5) is 0 Å². The molecule has 1 rings (SSSR count). The van der Waals surface area contributed by atoms with Crippen molar-refractivity contribution in [1.29, 1.82) is 0 Å². The predicted molar refractivity (Wildman–Crippen MR) is 60.9 cm³/mol. The Morgan fingerprint density at radius 2 is 2.40 bits per heavy atom. The highest BCUT2D eigenvalue weighted by Gasteiger charge is 2.24. The van der Waals surface area contributed by atoms with Crippen molar-refractivity contribution in [2.24, 2.45) is 11.5 Å². The van der Waals surface area contributed by atoms with Crippen molar-refractivity contribution in [2.45, 2.75) is 31.8 Å². The van der Waals surface area contributed by atoms with Gasteiger partial charge in [0.2, 0.25) is 5.91 Å². The number of nitrogens with zero attached hydrogens (tertiary/aromatic N) is 2. The van der Waals surface area contributed by atoms with Gasteiger partial charge in [0.15, 0.2) is 0 Å². The normalized spacial score (nSPS) is 14.9. The molecule has 1 atom stereocenters. The lowest BCUT2D eigenvalue weighted by atomic mass is 9.96. The third kappa shape index (κ3) is 3.64. The van der Waals surface area contributed by atoms with Gasteiger partial charge in [0.25, 0.3) is 0 Å². The number of aryl methyl sites for hydroxylation is 1. The van der Waals surface area contributed by atoms with Crippen molar-refractivity contribution in [3.63, 3.8) is 0 Å². The minimum absolute atomic E-state index is 0.468. The largest absolute Gasteiger partial charge is 0.368 e. The molecular formula is C9H15BrN4O. The summed E-state index contributed by atoms with van der Waals surface area (Å²) in [6.07, 6.45) is 4.91. The number of hydrogen-bond acceptors (Lipinski definition) is 3. The average Bonchev–Trinajstić information content (AvgIpc) is 2.51. The maximum Gasteiger partial charge on any atom is 0.237 e. The van der Waals surface area contributed by atoms with Crippen molar-refractivity contribution >= 4 is 21.8 Å². The molecule has 0 aliphatic heterocycles. The summed E-state index contributed by atoms with van der Waals surface area (Å²) in [6.45, 7) is 2.38. The minimum Gasteiger partial charge on any atom is -0.368 e. The second kappa shape index (κ2) is 4.76. The number of primary amides is 1. The van der Waals surface area contributed by atoms with E-state index in [1.807, 2.05) is 6.20 Å². The Morgan fingerprint density at radius 3 is 2.87 bits per heavy atom. The summed E-state index contributed by atoms with van der Waals surface area (Å²) in [5.74, 6) is -0.468. The van der Waals surface area contributed by atoms with Gasteiger partial charge in [-0.05, 0) is 35.7 Å². The maximum absolute atomic E-state index is 10.9. The van der Waals surface area contributed by atoms with Crippen molar-refractivity contribution in [1.82, 2.24) is 9.78 Å². The van der Waals surface area contributed by atoms with Crippen molar-refractivity contribution < 1.29 is 4.79 Å². The lowest BCUT2D eigenvalue weighted by Crippen LogP contribution is -2.49. The number of carbonyl (C=O) groups is 1. The van der Waals surface area contributed by atoms with Gasteiger partial charge in [-0.1, -0.05) is 0 Å². The molecule has 0 aliphatic rings. The van der Waals surface area contributed by atoms with Gasteiger partial charge in [-0.3, -0.25) is 9.48 Å². The molecule has 1 aromatic heterocycles. The number of hydrogen-bond donors (Lipinski definition) is 2. The highest BCUT2D eigenvalue weighted by molar-refractivity contribution is 9.10. The molecule has 1 unspecified atom stereocenters. The van der Waals surface area contributed by atoms with Gasteiger partial charge in [0.1, 0.15) is 0 Å². The van der Waals surface area contributed by atoms with Gasteiger partial charge in [-0.15, -0.1) is 0 Å². The van der Waals surface area contributed by atoms with Crippen LogP contribution in [0, 0.1) is 0 Å². The molecular weight excluding hydrogens is 260 g/mol. The summed E-state index contributed by atoms with van der Waals surface area (Å²) < 4.78 is 2.73. The maximum atomic E-state index is 10.9. The van der Waals surface area contributed by atoms with Gasteiger partial charge in [-0.2, -0.15) is 5.10 Å². The van der Waals surface area contributed by atoms with E-state index in [0.717, 1.165) is 17.4 Å². The fraction of sp³-hybridized carbons (Fsp3) is 0.556. The van der Waals surface area contributed by atoms with Crippen LogP contribution in [0.5, 0.6) is 0 Å². The zero-order chi connectivity index (χ0) is 11.5. The van der Waals surface area contributed by atoms with Crippen LogP contribution < -0.4 is 11.5 Å². The summed E-state index contributed by atoms with van der Waals surface area (Å²) in [7, 11) is 0. The SMILES string of the molecule is CC(N)(CCCn1cc(Br)cn1)C(N)=O. The quantitative estimate of drug-likeness (QED) is 0.826. The molecule has 1 aromatic rings. The van der Waals surface area contributed by atoms with Crippen LogP contribution >= 0.6 is 15.9 Å². The summed E-state index contributed by atoms with van der Waals surface area (Å²) in [5, 5.41) is 4.09. The molecule has 0 radical (unpaired) electrons. The Balaban J connectivity index is 2.36. The summed E-state index contributed by atoms with van der Waals surface area (Å²) >= 11 is 3.30. The van der Waals surface area contributed by atoms with Crippen LogP contribution in [0.3, 0.4) is 0 Å². The molecule has 84 valence electrons. The summed E-state index contributed by atoms with van der Waals surface area (Å²) in [5.41, 5.74) is 9.95. The van der Waals surface area contributed by atoms with Crippen molar-refractivity contribution in [3.8, 4) is 0 Å². The van der Waals surface area contributed by atoms with Crippen LogP contribution in [0.15, 0.2) is 16.9 Å². The molecule has 0 bridgehead atoms. The monoisotopic (exact) mass is 274 g/mol. The average molecular weight is 275 g/mol. The van der Waals surface area contributed by atoms with Crippen LogP contribution in [0.1, 0.15) is 19.8 Å². The first kappa shape index (κ1) is 12.2. The number of halogens is 1.